The largest absolute Gasteiger partial charge is 0.493 e. The summed E-state index contributed by atoms with van der Waals surface area (Å²) in [5, 5.41) is 2.64. The zero-order valence-corrected chi connectivity index (χ0v) is 17.8. The first-order valence-corrected chi connectivity index (χ1v) is 9.90. The predicted octanol–water partition coefficient (Wildman–Crippen LogP) is 3.82. The minimum absolute atomic E-state index is 0.0760. The molecule has 0 aliphatic rings. The van der Waals surface area contributed by atoms with E-state index in [9.17, 15) is 23.2 Å². The second-order valence-corrected chi connectivity index (χ2v) is 7.41. The van der Waals surface area contributed by atoms with E-state index in [2.05, 4.69) is 10.1 Å². The molecule has 31 heavy (non-hydrogen) atoms. The molecular weight excluding hydrogens is 432 g/mol. The Kier molecular flexibility index (Phi) is 8.68. The number of benzene rings is 1. The van der Waals surface area contributed by atoms with E-state index < -0.39 is 18.7 Å². The summed E-state index contributed by atoms with van der Waals surface area (Å²) in [5.41, 5.74) is 0.482. The molecule has 2 aromatic rings. The highest BCUT2D eigenvalue weighted by Gasteiger charge is 2.20. The van der Waals surface area contributed by atoms with Crippen molar-refractivity contribution < 1.29 is 37.4 Å². The van der Waals surface area contributed by atoms with Crippen LogP contribution in [0.5, 0.6) is 11.5 Å². The summed E-state index contributed by atoms with van der Waals surface area (Å²) in [6, 6.07) is 7.49. The van der Waals surface area contributed by atoms with Crippen LogP contribution in [0.2, 0.25) is 0 Å². The summed E-state index contributed by atoms with van der Waals surface area (Å²) in [6.07, 6.45) is 1.49. The van der Waals surface area contributed by atoms with Crippen molar-refractivity contribution in [3.8, 4) is 11.5 Å². The summed E-state index contributed by atoms with van der Waals surface area (Å²) < 4.78 is 39.2. The van der Waals surface area contributed by atoms with E-state index in [-0.39, 0.29) is 23.2 Å². The van der Waals surface area contributed by atoms with E-state index in [0.717, 1.165) is 11.0 Å². The van der Waals surface area contributed by atoms with E-state index >= 15 is 0 Å². The molecule has 1 amide bonds. The van der Waals surface area contributed by atoms with Crippen LogP contribution in [0.1, 0.15) is 34.0 Å². The number of nitrogens with one attached hydrogen (secondary N) is 1. The number of carbonyl (C=O) groups is 3. The lowest BCUT2D eigenvalue weighted by Gasteiger charge is -2.10. The van der Waals surface area contributed by atoms with Gasteiger partial charge in [-0.05, 0) is 42.8 Å². The highest BCUT2D eigenvalue weighted by Crippen LogP contribution is 2.29. The summed E-state index contributed by atoms with van der Waals surface area (Å²) in [4.78, 5) is 36.7. The van der Waals surface area contributed by atoms with Gasteiger partial charge in [-0.3, -0.25) is 9.59 Å². The molecular formula is C21H21F2NO6S. The molecule has 0 saturated carbocycles. The minimum Gasteiger partial charge on any atom is -0.493 e. The van der Waals surface area contributed by atoms with Crippen LogP contribution in [-0.2, 0) is 20.9 Å². The van der Waals surface area contributed by atoms with Gasteiger partial charge in [-0.15, -0.1) is 11.3 Å². The average Bonchev–Trinajstić information content (AvgIpc) is 3.19. The molecule has 166 valence electrons. The van der Waals surface area contributed by atoms with E-state index in [1.165, 1.54) is 56.6 Å². The third-order valence-corrected chi connectivity index (χ3v) is 4.99. The monoisotopic (exact) mass is 453 g/mol. The predicted molar refractivity (Wildman–Crippen MR) is 110 cm³/mol. The van der Waals surface area contributed by atoms with Crippen molar-refractivity contribution in [1.82, 2.24) is 5.32 Å². The number of Topliss-reactive ketones (excluding diaryl/α,β-unsaturated/α-hetero) is 1. The normalized spacial score (nSPS) is 11.9. The fourth-order valence-electron chi connectivity index (χ4n) is 2.43. The van der Waals surface area contributed by atoms with Gasteiger partial charge in [-0.1, -0.05) is 6.07 Å². The minimum atomic E-state index is -2.99. The molecule has 1 N–H and O–H groups in total. The van der Waals surface area contributed by atoms with Crippen LogP contribution >= 0.6 is 11.3 Å². The van der Waals surface area contributed by atoms with Crippen LogP contribution in [0.25, 0.3) is 6.08 Å². The van der Waals surface area contributed by atoms with Crippen LogP contribution in [0.3, 0.4) is 0 Å². The SMILES string of the molecule is COc1cc(/C=C/C(=O)OC(C)C(=O)c2ccc(CNC(C)=O)s2)ccc1OC(F)F. The molecule has 0 bridgehead atoms. The summed E-state index contributed by atoms with van der Waals surface area (Å²) in [7, 11) is 1.30. The van der Waals surface area contributed by atoms with Crippen molar-refractivity contribution in [1.29, 1.82) is 0 Å². The summed E-state index contributed by atoms with van der Waals surface area (Å²) in [5.74, 6) is -1.35. The number of methoxy groups -OCH3 is 1. The molecule has 0 spiro atoms. The van der Waals surface area contributed by atoms with Gasteiger partial charge in [-0.25, -0.2) is 4.79 Å². The van der Waals surface area contributed by atoms with Crippen LogP contribution in [0.4, 0.5) is 8.78 Å². The molecule has 0 radical (unpaired) electrons. The third-order valence-electron chi connectivity index (χ3n) is 3.89. The van der Waals surface area contributed by atoms with Crippen molar-refractivity contribution in [2.75, 3.05) is 7.11 Å². The van der Waals surface area contributed by atoms with E-state index in [0.29, 0.717) is 17.0 Å². The van der Waals surface area contributed by atoms with Crippen molar-refractivity contribution in [3.05, 3.63) is 51.7 Å². The van der Waals surface area contributed by atoms with Gasteiger partial charge in [0.15, 0.2) is 17.6 Å². The highest BCUT2D eigenvalue weighted by atomic mass is 32.1. The number of ether oxygens (including phenoxy) is 3. The Labute approximate surface area is 181 Å². The quantitative estimate of drug-likeness (QED) is 0.334. The van der Waals surface area contributed by atoms with Crippen molar-refractivity contribution in [3.63, 3.8) is 0 Å². The highest BCUT2D eigenvalue weighted by molar-refractivity contribution is 7.14. The molecule has 1 atom stereocenters. The van der Waals surface area contributed by atoms with Crippen LogP contribution < -0.4 is 14.8 Å². The number of rotatable bonds is 10. The number of esters is 1. The molecule has 0 saturated heterocycles. The van der Waals surface area contributed by atoms with Gasteiger partial charge < -0.3 is 19.5 Å². The molecule has 0 fully saturated rings. The van der Waals surface area contributed by atoms with E-state index in [4.69, 9.17) is 9.47 Å². The maximum Gasteiger partial charge on any atom is 0.387 e. The Balaban J connectivity index is 1.96. The Hall–Kier alpha value is -3.27. The molecule has 7 nitrogen and oxygen atoms in total. The molecule has 2 rings (SSSR count). The second-order valence-electron chi connectivity index (χ2n) is 6.24. The van der Waals surface area contributed by atoms with Gasteiger partial charge in [-0.2, -0.15) is 8.78 Å². The maximum atomic E-state index is 12.4. The second kappa shape index (κ2) is 11.2. The maximum absolute atomic E-state index is 12.4. The van der Waals surface area contributed by atoms with Crippen LogP contribution in [0, 0.1) is 0 Å². The Morgan fingerprint density at radius 3 is 2.55 bits per heavy atom. The Morgan fingerprint density at radius 1 is 1.16 bits per heavy atom. The fraction of sp³-hybridized carbons (Fsp3) is 0.286. The lowest BCUT2D eigenvalue weighted by Crippen LogP contribution is -2.22. The lowest BCUT2D eigenvalue weighted by atomic mass is 10.2. The molecule has 1 aromatic carbocycles. The van der Waals surface area contributed by atoms with Crippen molar-refractivity contribution >= 4 is 35.1 Å². The zero-order valence-electron chi connectivity index (χ0n) is 17.0. The molecule has 10 heteroatoms. The number of hydrogen-bond acceptors (Lipinski definition) is 7. The van der Waals surface area contributed by atoms with Gasteiger partial charge in [0.05, 0.1) is 18.5 Å². The number of thiophene rings is 1. The average molecular weight is 453 g/mol. The first-order valence-electron chi connectivity index (χ1n) is 9.08. The number of amides is 1. The van der Waals surface area contributed by atoms with Gasteiger partial charge in [0.25, 0.3) is 0 Å². The molecule has 0 aliphatic heterocycles. The van der Waals surface area contributed by atoms with Crippen LogP contribution in [0.15, 0.2) is 36.4 Å². The molecule has 0 aliphatic carbocycles. The fourth-order valence-corrected chi connectivity index (χ4v) is 3.40. The van der Waals surface area contributed by atoms with Gasteiger partial charge in [0, 0.05) is 17.9 Å². The van der Waals surface area contributed by atoms with Crippen LogP contribution in [-0.4, -0.2) is 37.5 Å². The van der Waals surface area contributed by atoms with E-state index in [1.807, 2.05) is 0 Å². The Morgan fingerprint density at radius 2 is 1.90 bits per heavy atom. The standard InChI is InChI=1S/C21H21F2NO6S/c1-12(20(27)18-8-6-15(31-18)11-24-13(2)25)29-19(26)9-5-14-4-7-16(30-21(22)23)17(10-14)28-3/h4-10,12,21H,11H2,1-3H3,(H,24,25)/b9-5+. The van der Waals surface area contributed by atoms with Crippen molar-refractivity contribution in [2.24, 2.45) is 0 Å². The lowest BCUT2D eigenvalue weighted by molar-refractivity contribution is -0.140. The smallest absolute Gasteiger partial charge is 0.387 e. The first-order chi connectivity index (χ1) is 14.7. The molecule has 1 heterocycles. The van der Waals surface area contributed by atoms with Gasteiger partial charge in [0.1, 0.15) is 0 Å². The van der Waals surface area contributed by atoms with E-state index in [1.54, 1.807) is 12.1 Å². The third kappa shape index (κ3) is 7.49. The summed E-state index contributed by atoms with van der Waals surface area (Å²) in [6.45, 7) is 0.181. The molecule has 1 aromatic heterocycles. The number of carbonyl (C=O) groups excluding carboxylic acids is 3. The number of halogens is 2. The van der Waals surface area contributed by atoms with Crippen molar-refractivity contribution in [2.45, 2.75) is 33.1 Å². The number of alkyl halides is 2. The molecule has 1 unspecified atom stereocenters. The van der Waals surface area contributed by atoms with Gasteiger partial charge in [0.2, 0.25) is 11.7 Å². The topological polar surface area (TPSA) is 90.9 Å². The number of hydrogen-bond donors (Lipinski definition) is 1. The zero-order chi connectivity index (χ0) is 23.0. The summed E-state index contributed by atoms with van der Waals surface area (Å²) >= 11 is 1.21. The van der Waals surface area contributed by atoms with Gasteiger partial charge >= 0.3 is 12.6 Å². The number of ketones is 1. The first kappa shape index (κ1) is 24.0. The Bertz CT molecular complexity index is 973.